The van der Waals surface area contributed by atoms with Gasteiger partial charge in [-0.15, -0.1) is 0 Å². The van der Waals surface area contributed by atoms with E-state index in [9.17, 15) is 9.59 Å². The second-order valence-corrected chi connectivity index (χ2v) is 8.91. The van der Waals surface area contributed by atoms with E-state index in [4.69, 9.17) is 4.74 Å². The molecule has 0 bridgehead atoms. The zero-order valence-corrected chi connectivity index (χ0v) is 19.3. The molecule has 6 heteroatoms. The summed E-state index contributed by atoms with van der Waals surface area (Å²) in [4.78, 5) is 27.2. The number of nitrogens with zero attached hydrogens (tertiary/aromatic N) is 1. The lowest BCUT2D eigenvalue weighted by Crippen LogP contribution is -2.47. The van der Waals surface area contributed by atoms with Crippen LogP contribution < -0.4 is 15.4 Å². The van der Waals surface area contributed by atoms with Gasteiger partial charge in [-0.25, -0.2) is 4.79 Å². The third-order valence-corrected chi connectivity index (χ3v) is 5.81. The highest BCUT2D eigenvalue weighted by Gasteiger charge is 2.29. The van der Waals surface area contributed by atoms with Crippen molar-refractivity contribution in [2.24, 2.45) is 11.8 Å². The fourth-order valence-electron chi connectivity index (χ4n) is 3.78. The third kappa shape index (κ3) is 7.01. The molecule has 0 aliphatic carbocycles. The first-order chi connectivity index (χ1) is 15.4. The average molecular weight is 438 g/mol. The predicted octanol–water partition coefficient (Wildman–Crippen LogP) is 5.23. The number of urea groups is 1. The van der Waals surface area contributed by atoms with Crippen LogP contribution in [0.1, 0.15) is 51.6 Å². The topological polar surface area (TPSA) is 70.7 Å². The van der Waals surface area contributed by atoms with E-state index in [1.807, 2.05) is 61.5 Å². The molecule has 2 aromatic carbocycles. The highest BCUT2D eigenvalue weighted by molar-refractivity contribution is 5.90. The van der Waals surface area contributed by atoms with Gasteiger partial charge in [0.15, 0.2) is 0 Å². The maximum atomic E-state index is 12.9. The van der Waals surface area contributed by atoms with E-state index in [1.165, 1.54) is 0 Å². The summed E-state index contributed by atoms with van der Waals surface area (Å²) >= 11 is 0. The van der Waals surface area contributed by atoms with E-state index in [-0.39, 0.29) is 23.9 Å². The Labute approximate surface area is 191 Å². The molecule has 0 saturated carbocycles. The second-order valence-electron chi connectivity index (χ2n) is 8.91. The lowest BCUT2D eigenvalue weighted by Gasteiger charge is -2.32. The van der Waals surface area contributed by atoms with Gasteiger partial charge in [-0.3, -0.25) is 4.79 Å². The number of ether oxygens (including phenoxy) is 1. The number of nitrogens with one attached hydrogen (secondary N) is 2. The summed E-state index contributed by atoms with van der Waals surface area (Å²) in [5.74, 6) is 1.25. The molecule has 3 amide bonds. The largest absolute Gasteiger partial charge is 0.494 e. The van der Waals surface area contributed by atoms with E-state index in [1.54, 1.807) is 4.90 Å². The summed E-state index contributed by atoms with van der Waals surface area (Å²) < 4.78 is 5.77. The molecule has 172 valence electrons. The van der Waals surface area contributed by atoms with Crippen LogP contribution in [0.4, 0.5) is 10.5 Å². The van der Waals surface area contributed by atoms with Crippen LogP contribution in [0.3, 0.4) is 0 Å². The van der Waals surface area contributed by atoms with Crippen molar-refractivity contribution >= 4 is 17.6 Å². The molecule has 0 radical (unpaired) electrons. The van der Waals surface area contributed by atoms with Crippen LogP contribution in [0.2, 0.25) is 0 Å². The van der Waals surface area contributed by atoms with E-state index < -0.39 is 0 Å². The van der Waals surface area contributed by atoms with Crippen molar-refractivity contribution in [1.29, 1.82) is 0 Å². The van der Waals surface area contributed by atoms with Gasteiger partial charge in [0.25, 0.3) is 0 Å². The standard InChI is InChI=1S/C26H35N3O3/c1-19(2)15-17-32-24-13-11-21(12-14-24)20(3)27-25(30)22-8-7-16-29(18-22)26(31)28-23-9-5-4-6-10-23/h4-6,9-14,19-20,22H,7-8,15-18H2,1-3H3,(H,27,30)(H,28,31). The number of hydrogen-bond donors (Lipinski definition) is 2. The first-order valence-corrected chi connectivity index (χ1v) is 11.6. The first kappa shape index (κ1) is 23.6. The van der Waals surface area contributed by atoms with Gasteiger partial charge in [-0.2, -0.15) is 0 Å². The lowest BCUT2D eigenvalue weighted by atomic mass is 9.96. The van der Waals surface area contributed by atoms with Gasteiger partial charge in [0.1, 0.15) is 5.75 Å². The number of benzene rings is 2. The van der Waals surface area contributed by atoms with E-state index >= 15 is 0 Å². The minimum Gasteiger partial charge on any atom is -0.494 e. The van der Waals surface area contributed by atoms with Crippen LogP contribution in [0.25, 0.3) is 0 Å². The number of carbonyl (C=O) groups excluding carboxylic acids is 2. The van der Waals surface area contributed by atoms with Gasteiger partial charge in [0.2, 0.25) is 5.91 Å². The van der Waals surface area contributed by atoms with Crippen LogP contribution >= 0.6 is 0 Å². The molecular formula is C26H35N3O3. The number of rotatable bonds is 8. The summed E-state index contributed by atoms with van der Waals surface area (Å²) in [7, 11) is 0. The molecule has 32 heavy (non-hydrogen) atoms. The molecule has 2 unspecified atom stereocenters. The van der Waals surface area contributed by atoms with Gasteiger partial charge in [0.05, 0.1) is 18.6 Å². The van der Waals surface area contributed by atoms with Gasteiger partial charge >= 0.3 is 6.03 Å². The molecule has 0 spiro atoms. The quantitative estimate of drug-likeness (QED) is 0.594. The van der Waals surface area contributed by atoms with Crippen molar-refractivity contribution in [2.45, 2.75) is 46.1 Å². The summed E-state index contributed by atoms with van der Waals surface area (Å²) in [6, 6.07) is 17.0. The fourth-order valence-corrected chi connectivity index (χ4v) is 3.78. The maximum Gasteiger partial charge on any atom is 0.321 e. The summed E-state index contributed by atoms with van der Waals surface area (Å²) in [6.07, 6.45) is 2.63. The Bertz CT molecular complexity index is 868. The summed E-state index contributed by atoms with van der Waals surface area (Å²) in [5, 5.41) is 6.02. The smallest absolute Gasteiger partial charge is 0.321 e. The number of anilines is 1. The minimum absolute atomic E-state index is 0.00743. The third-order valence-electron chi connectivity index (χ3n) is 5.81. The molecule has 2 N–H and O–H groups in total. The molecule has 3 rings (SSSR count). The monoisotopic (exact) mass is 437 g/mol. The zero-order valence-electron chi connectivity index (χ0n) is 19.3. The SMILES string of the molecule is CC(C)CCOc1ccc(C(C)NC(=O)C2CCCN(C(=O)Nc3ccccc3)C2)cc1. The number of likely N-dealkylation sites (tertiary alicyclic amines) is 1. The Hall–Kier alpha value is -3.02. The molecule has 1 aliphatic rings. The number of hydrogen-bond acceptors (Lipinski definition) is 3. The first-order valence-electron chi connectivity index (χ1n) is 11.6. The second kappa shape index (κ2) is 11.6. The van der Waals surface area contributed by atoms with Crippen molar-refractivity contribution < 1.29 is 14.3 Å². The summed E-state index contributed by atoms with van der Waals surface area (Å²) in [6.45, 7) is 8.14. The molecule has 2 atom stereocenters. The zero-order chi connectivity index (χ0) is 22.9. The maximum absolute atomic E-state index is 12.9. The molecule has 1 fully saturated rings. The Balaban J connectivity index is 1.49. The normalized spacial score (nSPS) is 17.0. The summed E-state index contributed by atoms with van der Waals surface area (Å²) in [5.41, 5.74) is 1.79. The Morgan fingerprint density at radius 2 is 1.78 bits per heavy atom. The van der Waals surface area contributed by atoms with Crippen LogP contribution in [0.5, 0.6) is 5.75 Å². The van der Waals surface area contributed by atoms with Crippen molar-refractivity contribution in [1.82, 2.24) is 10.2 Å². The molecule has 2 aromatic rings. The van der Waals surface area contributed by atoms with Crippen LogP contribution in [-0.2, 0) is 4.79 Å². The minimum atomic E-state index is -0.202. The number of piperidine rings is 1. The van der Waals surface area contributed by atoms with Gasteiger partial charge in [-0.05, 0) is 61.9 Å². The highest BCUT2D eigenvalue weighted by Crippen LogP contribution is 2.22. The lowest BCUT2D eigenvalue weighted by molar-refractivity contribution is -0.126. The number of carbonyl (C=O) groups is 2. The Morgan fingerprint density at radius 1 is 1.06 bits per heavy atom. The fraction of sp³-hybridized carbons (Fsp3) is 0.462. The predicted molar refractivity (Wildman–Crippen MR) is 128 cm³/mol. The van der Waals surface area contributed by atoms with Gasteiger partial charge < -0.3 is 20.3 Å². The Kier molecular flexibility index (Phi) is 8.54. The average Bonchev–Trinajstić information content (AvgIpc) is 2.80. The van der Waals surface area contributed by atoms with Crippen LogP contribution in [-0.4, -0.2) is 36.5 Å². The highest BCUT2D eigenvalue weighted by atomic mass is 16.5. The van der Waals surface area contributed by atoms with E-state index in [2.05, 4.69) is 24.5 Å². The molecule has 1 heterocycles. The van der Waals surface area contributed by atoms with E-state index in [0.29, 0.717) is 25.6 Å². The number of para-hydroxylation sites is 1. The van der Waals surface area contributed by atoms with Crippen LogP contribution in [0, 0.1) is 11.8 Å². The van der Waals surface area contributed by atoms with Crippen molar-refractivity contribution in [2.75, 3.05) is 25.0 Å². The van der Waals surface area contributed by atoms with Crippen molar-refractivity contribution in [3.63, 3.8) is 0 Å². The molecule has 0 aromatic heterocycles. The molecule has 6 nitrogen and oxygen atoms in total. The van der Waals surface area contributed by atoms with E-state index in [0.717, 1.165) is 36.3 Å². The Morgan fingerprint density at radius 3 is 2.47 bits per heavy atom. The molecule has 1 saturated heterocycles. The van der Waals surface area contributed by atoms with Crippen molar-refractivity contribution in [3.05, 3.63) is 60.2 Å². The molecule has 1 aliphatic heterocycles. The van der Waals surface area contributed by atoms with Gasteiger partial charge in [-0.1, -0.05) is 44.2 Å². The molecular weight excluding hydrogens is 402 g/mol. The van der Waals surface area contributed by atoms with Crippen molar-refractivity contribution in [3.8, 4) is 5.75 Å². The van der Waals surface area contributed by atoms with Crippen LogP contribution in [0.15, 0.2) is 54.6 Å². The number of amides is 3. The van der Waals surface area contributed by atoms with Gasteiger partial charge in [0, 0.05) is 18.8 Å².